The van der Waals surface area contributed by atoms with Crippen LogP contribution in [0.1, 0.15) is 20.3 Å². The number of hydrogen-bond donors (Lipinski definition) is 1. The van der Waals surface area contributed by atoms with Crippen molar-refractivity contribution in [1.82, 2.24) is 10.2 Å². The van der Waals surface area contributed by atoms with E-state index in [1.165, 1.54) is 6.26 Å². The summed E-state index contributed by atoms with van der Waals surface area (Å²) < 4.78 is 22.3. The van der Waals surface area contributed by atoms with E-state index in [2.05, 4.69) is 24.1 Å². The van der Waals surface area contributed by atoms with Crippen LogP contribution in [0.2, 0.25) is 0 Å². The monoisotopic (exact) mass is 260 g/mol. The molecule has 17 heavy (non-hydrogen) atoms. The zero-order valence-electron chi connectivity index (χ0n) is 11.1. The van der Waals surface area contributed by atoms with Crippen LogP contribution in [0.25, 0.3) is 0 Å². The zero-order chi connectivity index (χ0) is 12.7. The Morgan fingerprint density at radius 2 is 2.06 bits per heavy atom. The topological polar surface area (TPSA) is 49.4 Å². The SMILES string of the molecule is CC1(C)C2CNCC2CN1CCCS(C)(=O)=O. The summed E-state index contributed by atoms with van der Waals surface area (Å²) in [5, 5.41) is 3.46. The second-order valence-electron chi connectivity index (χ2n) is 6.11. The molecule has 2 aliphatic rings. The van der Waals surface area contributed by atoms with Crippen LogP contribution >= 0.6 is 0 Å². The molecule has 0 aliphatic carbocycles. The first-order valence-corrected chi connectivity index (χ1v) is 8.50. The Kier molecular flexibility index (Phi) is 3.54. The lowest BCUT2D eigenvalue weighted by Gasteiger charge is -2.35. The second-order valence-corrected chi connectivity index (χ2v) is 8.37. The predicted molar refractivity (Wildman–Crippen MR) is 69.8 cm³/mol. The molecule has 2 atom stereocenters. The number of nitrogens with one attached hydrogen (secondary N) is 1. The van der Waals surface area contributed by atoms with E-state index in [9.17, 15) is 8.42 Å². The first-order chi connectivity index (χ1) is 7.81. The highest BCUT2D eigenvalue weighted by Gasteiger charge is 2.48. The Morgan fingerprint density at radius 3 is 2.65 bits per heavy atom. The highest BCUT2D eigenvalue weighted by atomic mass is 32.2. The summed E-state index contributed by atoms with van der Waals surface area (Å²) in [4.78, 5) is 2.48. The minimum absolute atomic E-state index is 0.214. The van der Waals surface area contributed by atoms with Gasteiger partial charge in [0.2, 0.25) is 0 Å². The van der Waals surface area contributed by atoms with Crippen molar-refractivity contribution in [2.75, 3.05) is 38.2 Å². The van der Waals surface area contributed by atoms with Crippen molar-refractivity contribution >= 4 is 9.84 Å². The van der Waals surface area contributed by atoms with E-state index in [1.807, 2.05) is 0 Å². The molecule has 0 aromatic carbocycles. The van der Waals surface area contributed by atoms with Gasteiger partial charge in [-0.25, -0.2) is 8.42 Å². The molecule has 0 bridgehead atoms. The van der Waals surface area contributed by atoms with Gasteiger partial charge in [-0.2, -0.15) is 0 Å². The third-order valence-corrected chi connectivity index (χ3v) is 5.49. The molecule has 0 aromatic rings. The predicted octanol–water partition coefficient (Wildman–Crippen LogP) is 0.351. The lowest BCUT2D eigenvalue weighted by molar-refractivity contribution is 0.140. The van der Waals surface area contributed by atoms with Crippen molar-refractivity contribution < 1.29 is 8.42 Å². The molecule has 0 saturated carbocycles. The molecule has 0 amide bonds. The van der Waals surface area contributed by atoms with E-state index in [-0.39, 0.29) is 5.54 Å². The summed E-state index contributed by atoms with van der Waals surface area (Å²) in [5.41, 5.74) is 0.214. The summed E-state index contributed by atoms with van der Waals surface area (Å²) in [7, 11) is -2.81. The Bertz CT molecular complexity index is 378. The van der Waals surface area contributed by atoms with Crippen molar-refractivity contribution in [2.45, 2.75) is 25.8 Å². The van der Waals surface area contributed by atoms with E-state index in [0.717, 1.165) is 44.4 Å². The Labute approximate surface area is 105 Å². The van der Waals surface area contributed by atoms with Gasteiger partial charge in [0.25, 0.3) is 0 Å². The minimum atomic E-state index is -2.81. The quantitative estimate of drug-likeness (QED) is 0.792. The van der Waals surface area contributed by atoms with Gasteiger partial charge in [-0.1, -0.05) is 0 Å². The highest BCUT2D eigenvalue weighted by molar-refractivity contribution is 7.90. The van der Waals surface area contributed by atoms with Crippen LogP contribution in [0.4, 0.5) is 0 Å². The summed E-state index contributed by atoms with van der Waals surface area (Å²) >= 11 is 0. The van der Waals surface area contributed by atoms with Crippen LogP contribution in [-0.2, 0) is 9.84 Å². The number of sulfone groups is 1. The van der Waals surface area contributed by atoms with Gasteiger partial charge in [0, 0.05) is 24.9 Å². The first-order valence-electron chi connectivity index (χ1n) is 6.44. The smallest absolute Gasteiger partial charge is 0.147 e. The van der Waals surface area contributed by atoms with Gasteiger partial charge in [0.15, 0.2) is 0 Å². The minimum Gasteiger partial charge on any atom is -0.316 e. The summed E-state index contributed by atoms with van der Waals surface area (Å²) in [6.07, 6.45) is 2.08. The van der Waals surface area contributed by atoms with Crippen molar-refractivity contribution in [3.05, 3.63) is 0 Å². The van der Waals surface area contributed by atoms with Crippen molar-refractivity contribution in [2.24, 2.45) is 11.8 Å². The van der Waals surface area contributed by atoms with Crippen LogP contribution in [0.3, 0.4) is 0 Å². The second kappa shape index (κ2) is 4.52. The molecular formula is C12H24N2O2S. The molecule has 0 aromatic heterocycles. The molecule has 2 unspecified atom stereocenters. The van der Waals surface area contributed by atoms with Crippen LogP contribution in [0, 0.1) is 11.8 Å². The molecule has 0 radical (unpaired) electrons. The molecule has 2 fully saturated rings. The fourth-order valence-electron chi connectivity index (χ4n) is 3.40. The summed E-state index contributed by atoms with van der Waals surface area (Å²) in [6, 6.07) is 0. The maximum atomic E-state index is 11.1. The molecule has 2 heterocycles. The average Bonchev–Trinajstić information content (AvgIpc) is 2.69. The van der Waals surface area contributed by atoms with Crippen LogP contribution in [0.15, 0.2) is 0 Å². The van der Waals surface area contributed by atoms with Gasteiger partial charge in [-0.05, 0) is 45.2 Å². The largest absolute Gasteiger partial charge is 0.316 e. The fourth-order valence-corrected chi connectivity index (χ4v) is 4.05. The van der Waals surface area contributed by atoms with Gasteiger partial charge < -0.3 is 5.32 Å². The lowest BCUT2D eigenvalue weighted by atomic mass is 9.85. The molecule has 100 valence electrons. The van der Waals surface area contributed by atoms with Crippen molar-refractivity contribution in [3.8, 4) is 0 Å². The van der Waals surface area contributed by atoms with Gasteiger partial charge in [0.05, 0.1) is 5.75 Å². The first kappa shape index (κ1) is 13.3. The number of nitrogens with zero attached hydrogens (tertiary/aromatic N) is 1. The normalized spacial score (nSPS) is 32.9. The molecule has 2 aliphatic heterocycles. The van der Waals surface area contributed by atoms with Gasteiger partial charge in [0.1, 0.15) is 9.84 Å². The van der Waals surface area contributed by atoms with E-state index in [0.29, 0.717) is 5.75 Å². The van der Waals surface area contributed by atoms with E-state index >= 15 is 0 Å². The van der Waals surface area contributed by atoms with Crippen LogP contribution in [-0.4, -0.2) is 57.0 Å². The number of rotatable bonds is 4. The Balaban J connectivity index is 1.90. The maximum absolute atomic E-state index is 11.1. The van der Waals surface area contributed by atoms with E-state index in [1.54, 1.807) is 0 Å². The molecule has 5 heteroatoms. The number of fused-ring (bicyclic) bond motifs is 1. The Morgan fingerprint density at radius 1 is 1.35 bits per heavy atom. The standard InChI is InChI=1S/C12H24N2O2S/c1-12(2)11-8-13-7-10(11)9-14(12)5-4-6-17(3,15)16/h10-11,13H,4-9H2,1-3H3. The van der Waals surface area contributed by atoms with Crippen molar-refractivity contribution in [3.63, 3.8) is 0 Å². The molecule has 1 N–H and O–H groups in total. The van der Waals surface area contributed by atoms with Crippen LogP contribution in [0.5, 0.6) is 0 Å². The molecular weight excluding hydrogens is 236 g/mol. The van der Waals surface area contributed by atoms with Gasteiger partial charge >= 0.3 is 0 Å². The number of likely N-dealkylation sites (tertiary alicyclic amines) is 1. The van der Waals surface area contributed by atoms with E-state index < -0.39 is 9.84 Å². The van der Waals surface area contributed by atoms with Gasteiger partial charge in [-0.3, -0.25) is 4.90 Å². The summed E-state index contributed by atoms with van der Waals surface area (Å²) in [6.45, 7) is 8.86. The third kappa shape index (κ3) is 2.83. The van der Waals surface area contributed by atoms with Gasteiger partial charge in [-0.15, -0.1) is 0 Å². The summed E-state index contributed by atoms with van der Waals surface area (Å²) in [5.74, 6) is 1.79. The third-order valence-electron chi connectivity index (χ3n) is 4.46. The molecule has 2 rings (SSSR count). The highest BCUT2D eigenvalue weighted by Crippen LogP contribution is 2.40. The Hall–Kier alpha value is -0.130. The van der Waals surface area contributed by atoms with Crippen molar-refractivity contribution in [1.29, 1.82) is 0 Å². The fraction of sp³-hybridized carbons (Fsp3) is 1.00. The van der Waals surface area contributed by atoms with E-state index in [4.69, 9.17) is 0 Å². The maximum Gasteiger partial charge on any atom is 0.147 e. The molecule has 2 saturated heterocycles. The average molecular weight is 260 g/mol. The molecule has 0 spiro atoms. The number of hydrogen-bond acceptors (Lipinski definition) is 4. The zero-order valence-corrected chi connectivity index (χ0v) is 11.9. The molecule has 4 nitrogen and oxygen atoms in total. The van der Waals surface area contributed by atoms with Crippen LogP contribution < -0.4 is 5.32 Å². The lowest BCUT2D eigenvalue weighted by Crippen LogP contribution is -2.45.